The zero-order valence-corrected chi connectivity index (χ0v) is 10.7. The molecule has 3 N–H and O–H groups in total. The van der Waals surface area contributed by atoms with Gasteiger partial charge in [-0.05, 0) is 18.2 Å². The van der Waals surface area contributed by atoms with Crippen LogP contribution in [-0.2, 0) is 4.74 Å². The van der Waals surface area contributed by atoms with E-state index in [0.717, 1.165) is 0 Å². The van der Waals surface area contributed by atoms with Crippen LogP contribution in [0.25, 0.3) is 0 Å². The fraction of sp³-hybridized carbons (Fsp3) is 0.538. The highest BCUT2D eigenvalue weighted by molar-refractivity contribution is 5.56. The first-order valence-electron chi connectivity index (χ1n) is 6.35. The first kappa shape index (κ1) is 14.0. The molecule has 1 aromatic rings. The summed E-state index contributed by atoms with van der Waals surface area (Å²) in [5.41, 5.74) is 1.15. The molecule has 0 radical (unpaired) electrons. The van der Waals surface area contributed by atoms with Gasteiger partial charge >= 0.3 is 0 Å². The number of hydrogen-bond donors (Lipinski definition) is 3. The minimum atomic E-state index is -0.845. The molecule has 1 aromatic carbocycles. The Morgan fingerprint density at radius 3 is 2.74 bits per heavy atom. The maximum absolute atomic E-state index is 14.0. The smallest absolute Gasteiger partial charge is 0.148 e. The quantitative estimate of drug-likeness (QED) is 0.724. The van der Waals surface area contributed by atoms with Gasteiger partial charge in [-0.1, -0.05) is 0 Å². The third-order valence-corrected chi connectivity index (χ3v) is 3.05. The van der Waals surface area contributed by atoms with Gasteiger partial charge in [-0.3, -0.25) is 0 Å². The summed E-state index contributed by atoms with van der Waals surface area (Å²) in [6, 6.07) is 4.88. The summed E-state index contributed by atoms with van der Waals surface area (Å²) in [4.78, 5) is 1.95. The predicted molar refractivity (Wildman–Crippen MR) is 71.0 cm³/mol. The van der Waals surface area contributed by atoms with Gasteiger partial charge in [-0.25, -0.2) is 4.39 Å². The molecule has 1 aliphatic heterocycles. The van der Waals surface area contributed by atoms with Crippen LogP contribution < -0.4 is 10.2 Å². The SMILES string of the molecule is OCC(O)CNc1ccc(N2CCOCC2)c(F)c1. The highest BCUT2D eigenvalue weighted by Gasteiger charge is 2.15. The van der Waals surface area contributed by atoms with Crippen LogP contribution in [0.4, 0.5) is 15.8 Å². The second kappa shape index (κ2) is 6.70. The van der Waals surface area contributed by atoms with Crippen LogP contribution in [0.3, 0.4) is 0 Å². The van der Waals surface area contributed by atoms with E-state index in [1.165, 1.54) is 6.07 Å². The Morgan fingerprint density at radius 2 is 2.11 bits per heavy atom. The van der Waals surface area contributed by atoms with Crippen LogP contribution in [0, 0.1) is 5.82 Å². The number of aliphatic hydroxyl groups is 2. The van der Waals surface area contributed by atoms with Crippen LogP contribution in [-0.4, -0.2) is 55.8 Å². The van der Waals surface area contributed by atoms with Gasteiger partial charge in [-0.15, -0.1) is 0 Å². The molecule has 0 amide bonds. The number of morpholine rings is 1. The van der Waals surface area contributed by atoms with Crippen molar-refractivity contribution in [2.75, 3.05) is 49.7 Å². The van der Waals surface area contributed by atoms with Crippen LogP contribution in [0.1, 0.15) is 0 Å². The maximum atomic E-state index is 14.0. The van der Waals surface area contributed by atoms with Gasteiger partial charge in [0.1, 0.15) is 5.82 Å². The molecular formula is C13H19FN2O3. The average molecular weight is 270 g/mol. The number of anilines is 2. The number of hydrogen-bond acceptors (Lipinski definition) is 5. The highest BCUT2D eigenvalue weighted by atomic mass is 19.1. The van der Waals surface area contributed by atoms with Crippen molar-refractivity contribution in [2.45, 2.75) is 6.10 Å². The van der Waals surface area contributed by atoms with Crippen LogP contribution in [0.2, 0.25) is 0 Å². The van der Waals surface area contributed by atoms with Crippen molar-refractivity contribution in [3.8, 4) is 0 Å². The molecule has 6 heteroatoms. The van der Waals surface area contributed by atoms with Gasteiger partial charge in [0.15, 0.2) is 0 Å². The molecule has 1 aliphatic rings. The van der Waals surface area contributed by atoms with E-state index in [0.29, 0.717) is 37.7 Å². The molecule has 1 fully saturated rings. The third-order valence-electron chi connectivity index (χ3n) is 3.05. The van der Waals surface area contributed by atoms with Gasteiger partial charge < -0.3 is 25.2 Å². The molecule has 1 heterocycles. The molecule has 1 atom stereocenters. The molecule has 1 saturated heterocycles. The summed E-state index contributed by atoms with van der Waals surface area (Å²) in [6.07, 6.45) is -0.845. The van der Waals surface area contributed by atoms with Gasteiger partial charge in [0.25, 0.3) is 0 Å². The Labute approximate surface area is 111 Å². The zero-order valence-electron chi connectivity index (χ0n) is 10.7. The number of aliphatic hydroxyl groups excluding tert-OH is 2. The number of ether oxygens (including phenoxy) is 1. The summed E-state index contributed by atoms with van der Waals surface area (Å²) in [5.74, 6) is -0.301. The molecule has 0 saturated carbocycles. The number of halogens is 1. The lowest BCUT2D eigenvalue weighted by Crippen LogP contribution is -2.36. The van der Waals surface area contributed by atoms with E-state index in [-0.39, 0.29) is 19.0 Å². The molecule has 0 aromatic heterocycles. The highest BCUT2D eigenvalue weighted by Crippen LogP contribution is 2.23. The topological polar surface area (TPSA) is 65.0 Å². The van der Waals surface area contributed by atoms with Crippen molar-refractivity contribution in [1.29, 1.82) is 0 Å². The van der Waals surface area contributed by atoms with Crippen LogP contribution >= 0.6 is 0 Å². The molecule has 106 valence electrons. The molecule has 19 heavy (non-hydrogen) atoms. The monoisotopic (exact) mass is 270 g/mol. The van der Waals surface area contributed by atoms with Crippen molar-refractivity contribution >= 4 is 11.4 Å². The first-order valence-corrected chi connectivity index (χ1v) is 6.35. The normalized spacial score (nSPS) is 17.3. The van der Waals surface area contributed by atoms with Crippen LogP contribution in [0.15, 0.2) is 18.2 Å². The van der Waals surface area contributed by atoms with E-state index in [4.69, 9.17) is 9.84 Å². The number of nitrogens with zero attached hydrogens (tertiary/aromatic N) is 1. The summed E-state index contributed by atoms with van der Waals surface area (Å²) in [5, 5.41) is 20.8. The Morgan fingerprint density at radius 1 is 1.37 bits per heavy atom. The van der Waals surface area contributed by atoms with Gasteiger partial charge in [0.05, 0.1) is 31.6 Å². The fourth-order valence-corrected chi connectivity index (χ4v) is 1.98. The van der Waals surface area contributed by atoms with Crippen molar-refractivity contribution in [2.24, 2.45) is 0 Å². The van der Waals surface area contributed by atoms with Gasteiger partial charge in [-0.2, -0.15) is 0 Å². The van der Waals surface area contributed by atoms with E-state index in [1.54, 1.807) is 12.1 Å². The number of nitrogens with one attached hydrogen (secondary N) is 1. The fourth-order valence-electron chi connectivity index (χ4n) is 1.98. The minimum absolute atomic E-state index is 0.187. The van der Waals surface area contributed by atoms with E-state index < -0.39 is 6.10 Å². The van der Waals surface area contributed by atoms with E-state index >= 15 is 0 Å². The molecular weight excluding hydrogens is 251 g/mol. The molecule has 2 rings (SSSR count). The van der Waals surface area contributed by atoms with Crippen LogP contribution in [0.5, 0.6) is 0 Å². The lowest BCUT2D eigenvalue weighted by atomic mass is 10.2. The largest absolute Gasteiger partial charge is 0.394 e. The molecule has 0 spiro atoms. The lowest BCUT2D eigenvalue weighted by Gasteiger charge is -2.29. The molecule has 0 bridgehead atoms. The minimum Gasteiger partial charge on any atom is -0.394 e. The summed E-state index contributed by atoms with van der Waals surface area (Å²) in [6.45, 7) is 2.47. The average Bonchev–Trinajstić information content (AvgIpc) is 2.45. The Balaban J connectivity index is 2.00. The number of benzene rings is 1. The Bertz CT molecular complexity index is 411. The second-order valence-corrected chi connectivity index (χ2v) is 4.48. The van der Waals surface area contributed by atoms with E-state index in [9.17, 15) is 9.50 Å². The predicted octanol–water partition coefficient (Wildman–Crippen LogP) is 0.427. The van der Waals surface area contributed by atoms with Gasteiger partial charge in [0, 0.05) is 25.3 Å². The second-order valence-electron chi connectivity index (χ2n) is 4.48. The van der Waals surface area contributed by atoms with E-state index in [2.05, 4.69) is 5.32 Å². The molecule has 1 unspecified atom stereocenters. The Kier molecular flexibility index (Phi) is 4.95. The molecule has 0 aliphatic carbocycles. The van der Waals surface area contributed by atoms with Crippen molar-refractivity contribution in [1.82, 2.24) is 0 Å². The van der Waals surface area contributed by atoms with Crippen molar-refractivity contribution in [3.63, 3.8) is 0 Å². The maximum Gasteiger partial charge on any atom is 0.148 e. The van der Waals surface area contributed by atoms with Crippen molar-refractivity contribution < 1.29 is 19.3 Å². The molecule has 5 nitrogen and oxygen atoms in total. The summed E-state index contributed by atoms with van der Waals surface area (Å²) in [7, 11) is 0. The number of rotatable bonds is 5. The van der Waals surface area contributed by atoms with Gasteiger partial charge in [0.2, 0.25) is 0 Å². The first-order chi connectivity index (χ1) is 9.20. The summed E-state index contributed by atoms with van der Waals surface area (Å²) < 4.78 is 19.2. The van der Waals surface area contributed by atoms with Crippen molar-refractivity contribution in [3.05, 3.63) is 24.0 Å². The van der Waals surface area contributed by atoms with E-state index in [1.807, 2.05) is 4.90 Å². The Hall–Kier alpha value is -1.37. The zero-order chi connectivity index (χ0) is 13.7. The third kappa shape index (κ3) is 3.79. The standard InChI is InChI=1S/C13H19FN2O3/c14-12-7-10(15-8-11(18)9-17)1-2-13(12)16-3-5-19-6-4-16/h1-2,7,11,15,17-18H,3-6,8-9H2. The summed E-state index contributed by atoms with van der Waals surface area (Å²) >= 11 is 0. The lowest BCUT2D eigenvalue weighted by molar-refractivity contribution is 0.105.